The fraction of sp³-hybridized carbons (Fsp3) is 0.444. The number of nitro groups is 1. The van der Waals surface area contributed by atoms with Gasteiger partial charge < -0.3 is 15.4 Å². The van der Waals surface area contributed by atoms with Gasteiger partial charge in [0.15, 0.2) is 0 Å². The van der Waals surface area contributed by atoms with E-state index in [-0.39, 0.29) is 17.3 Å². The third kappa shape index (κ3) is 5.28. The summed E-state index contributed by atoms with van der Waals surface area (Å²) in [5, 5.41) is 18.3. The lowest BCUT2D eigenvalue weighted by molar-refractivity contribution is -0.383. The van der Waals surface area contributed by atoms with Crippen molar-refractivity contribution in [3.8, 4) is 0 Å². The van der Waals surface area contributed by atoms with Gasteiger partial charge >= 0.3 is 5.69 Å². The minimum atomic E-state index is -0.480. The van der Waals surface area contributed by atoms with Gasteiger partial charge in [0.25, 0.3) is 0 Å². The van der Waals surface area contributed by atoms with Gasteiger partial charge in [-0.05, 0) is 37.6 Å². The van der Waals surface area contributed by atoms with Crippen LogP contribution >= 0.6 is 11.6 Å². The van der Waals surface area contributed by atoms with Crippen LogP contribution in [-0.4, -0.2) is 59.2 Å². The van der Waals surface area contributed by atoms with Crippen molar-refractivity contribution in [3.63, 3.8) is 0 Å². The fourth-order valence-electron chi connectivity index (χ4n) is 2.96. The van der Waals surface area contributed by atoms with E-state index in [1.54, 1.807) is 12.1 Å². The van der Waals surface area contributed by atoms with Crippen molar-refractivity contribution >= 4 is 34.6 Å². The summed E-state index contributed by atoms with van der Waals surface area (Å²) in [6.07, 6.45) is 2.15. The third-order valence-corrected chi connectivity index (χ3v) is 4.74. The number of benzene rings is 1. The monoisotopic (exact) mass is 406 g/mol. The largest absolute Gasteiger partial charge is 0.379 e. The highest BCUT2D eigenvalue weighted by molar-refractivity contribution is 6.30. The molecule has 150 valence electrons. The Hall–Kier alpha value is -2.49. The molecule has 1 aliphatic rings. The fourth-order valence-corrected chi connectivity index (χ4v) is 3.14. The molecule has 1 aliphatic heterocycles. The number of morpholine rings is 1. The van der Waals surface area contributed by atoms with E-state index in [1.165, 1.54) is 6.33 Å². The summed E-state index contributed by atoms with van der Waals surface area (Å²) in [6, 6.07) is 5.30. The van der Waals surface area contributed by atoms with Crippen molar-refractivity contribution in [1.82, 2.24) is 14.9 Å². The summed E-state index contributed by atoms with van der Waals surface area (Å²) in [6.45, 7) is 6.70. The second kappa shape index (κ2) is 9.63. The van der Waals surface area contributed by atoms with Crippen LogP contribution in [0.3, 0.4) is 0 Å². The van der Waals surface area contributed by atoms with E-state index in [0.29, 0.717) is 17.3 Å². The molecule has 0 bridgehead atoms. The number of nitrogens with zero attached hydrogens (tertiary/aromatic N) is 4. The first kappa shape index (κ1) is 20.2. The summed E-state index contributed by atoms with van der Waals surface area (Å²) in [5.41, 5.74) is 1.37. The molecule has 0 radical (unpaired) electrons. The van der Waals surface area contributed by atoms with Crippen molar-refractivity contribution in [3.05, 3.63) is 45.2 Å². The van der Waals surface area contributed by atoms with Crippen LogP contribution in [-0.2, 0) is 4.74 Å². The number of ether oxygens (including phenoxy) is 1. The summed E-state index contributed by atoms with van der Waals surface area (Å²) in [5.74, 6) is 0.324. The first-order valence-electron chi connectivity index (χ1n) is 9.11. The Bertz CT molecular complexity index is 829. The minimum Gasteiger partial charge on any atom is -0.379 e. The van der Waals surface area contributed by atoms with Gasteiger partial charge in [0, 0.05) is 30.3 Å². The molecule has 0 saturated carbocycles. The first-order valence-corrected chi connectivity index (χ1v) is 9.49. The lowest BCUT2D eigenvalue weighted by Gasteiger charge is -2.26. The molecule has 1 aromatic carbocycles. The average Bonchev–Trinajstić information content (AvgIpc) is 2.69. The van der Waals surface area contributed by atoms with Crippen molar-refractivity contribution in [2.24, 2.45) is 0 Å². The normalized spacial score (nSPS) is 14.6. The van der Waals surface area contributed by atoms with Gasteiger partial charge in [0.1, 0.15) is 6.33 Å². The van der Waals surface area contributed by atoms with Gasteiger partial charge in [-0.1, -0.05) is 17.7 Å². The lowest BCUT2D eigenvalue weighted by atomic mass is 10.2. The molecular weight excluding hydrogens is 384 g/mol. The standard InChI is InChI=1S/C18H23ClN6O3/c1-13-3-4-14(19)11-15(13)23-18-16(25(26)27)17(21-12-22-18)20-5-2-6-24-7-9-28-10-8-24/h3-4,11-12H,2,5-10H2,1H3,(H2,20,21,22,23). The number of hydrogen-bond acceptors (Lipinski definition) is 8. The number of aryl methyl sites for hydroxylation is 1. The van der Waals surface area contributed by atoms with Crippen LogP contribution < -0.4 is 10.6 Å². The quantitative estimate of drug-likeness (QED) is 0.391. The maximum Gasteiger partial charge on any atom is 0.353 e. The van der Waals surface area contributed by atoms with Gasteiger partial charge in [-0.15, -0.1) is 0 Å². The predicted octanol–water partition coefficient (Wildman–Crippen LogP) is 3.22. The second-order valence-corrected chi connectivity index (χ2v) is 6.93. The molecular formula is C18H23ClN6O3. The van der Waals surface area contributed by atoms with Crippen LogP contribution in [0.15, 0.2) is 24.5 Å². The maximum atomic E-state index is 11.7. The molecule has 2 heterocycles. The first-order chi connectivity index (χ1) is 13.5. The highest BCUT2D eigenvalue weighted by Gasteiger charge is 2.23. The second-order valence-electron chi connectivity index (χ2n) is 6.50. The van der Waals surface area contributed by atoms with Crippen LogP contribution in [0.5, 0.6) is 0 Å². The van der Waals surface area contributed by atoms with Crippen LogP contribution in [0.4, 0.5) is 23.0 Å². The number of hydrogen-bond donors (Lipinski definition) is 2. The highest BCUT2D eigenvalue weighted by Crippen LogP contribution is 2.32. The van der Waals surface area contributed by atoms with E-state index in [9.17, 15) is 10.1 Å². The molecule has 0 spiro atoms. The molecule has 1 fully saturated rings. The number of rotatable bonds is 8. The van der Waals surface area contributed by atoms with Gasteiger partial charge in [-0.25, -0.2) is 9.97 Å². The van der Waals surface area contributed by atoms with Crippen LogP contribution in [0, 0.1) is 17.0 Å². The average molecular weight is 407 g/mol. The van der Waals surface area contributed by atoms with Crippen LogP contribution in [0.25, 0.3) is 0 Å². The molecule has 2 aromatic rings. The Morgan fingerprint density at radius 3 is 2.79 bits per heavy atom. The molecule has 2 N–H and O–H groups in total. The van der Waals surface area contributed by atoms with Crippen molar-refractivity contribution in [1.29, 1.82) is 0 Å². The summed E-state index contributed by atoms with van der Waals surface area (Å²) < 4.78 is 5.33. The van der Waals surface area contributed by atoms with E-state index >= 15 is 0 Å². The molecule has 0 amide bonds. The zero-order valence-electron chi connectivity index (χ0n) is 15.7. The highest BCUT2D eigenvalue weighted by atomic mass is 35.5. The molecule has 28 heavy (non-hydrogen) atoms. The van der Waals surface area contributed by atoms with E-state index in [0.717, 1.165) is 44.8 Å². The molecule has 3 rings (SSSR count). The number of halogens is 1. The zero-order chi connectivity index (χ0) is 19.9. The Kier molecular flexibility index (Phi) is 6.96. The summed E-state index contributed by atoms with van der Waals surface area (Å²) in [7, 11) is 0. The molecule has 1 aromatic heterocycles. The molecule has 1 saturated heterocycles. The van der Waals surface area contributed by atoms with Crippen molar-refractivity contribution < 1.29 is 9.66 Å². The van der Waals surface area contributed by atoms with Crippen molar-refractivity contribution in [2.75, 3.05) is 50.0 Å². The van der Waals surface area contributed by atoms with Gasteiger partial charge in [-0.3, -0.25) is 15.0 Å². The van der Waals surface area contributed by atoms with Gasteiger partial charge in [-0.2, -0.15) is 0 Å². The van der Waals surface area contributed by atoms with E-state index < -0.39 is 4.92 Å². The minimum absolute atomic E-state index is 0.126. The molecule has 9 nitrogen and oxygen atoms in total. The zero-order valence-corrected chi connectivity index (χ0v) is 16.4. The molecule has 10 heteroatoms. The molecule has 0 aliphatic carbocycles. The Balaban J connectivity index is 1.68. The Morgan fingerprint density at radius 1 is 1.29 bits per heavy atom. The smallest absolute Gasteiger partial charge is 0.353 e. The lowest BCUT2D eigenvalue weighted by Crippen LogP contribution is -2.37. The SMILES string of the molecule is Cc1ccc(Cl)cc1Nc1ncnc(NCCCN2CCOCC2)c1[N+](=O)[O-]. The molecule has 0 unspecified atom stereocenters. The summed E-state index contributed by atoms with van der Waals surface area (Å²) in [4.78, 5) is 21.6. The van der Waals surface area contributed by atoms with Gasteiger partial charge in [0.2, 0.25) is 11.6 Å². The van der Waals surface area contributed by atoms with E-state index in [1.807, 2.05) is 13.0 Å². The third-order valence-electron chi connectivity index (χ3n) is 4.50. The van der Waals surface area contributed by atoms with Crippen LogP contribution in [0.1, 0.15) is 12.0 Å². The predicted molar refractivity (Wildman–Crippen MR) is 109 cm³/mol. The maximum absolute atomic E-state index is 11.7. The van der Waals surface area contributed by atoms with Crippen LogP contribution in [0.2, 0.25) is 5.02 Å². The Morgan fingerprint density at radius 2 is 2.04 bits per heavy atom. The van der Waals surface area contributed by atoms with Gasteiger partial charge in [0.05, 0.1) is 18.1 Å². The number of aromatic nitrogens is 2. The van der Waals surface area contributed by atoms with Crippen molar-refractivity contribution in [2.45, 2.75) is 13.3 Å². The number of nitrogens with one attached hydrogen (secondary N) is 2. The molecule has 0 atom stereocenters. The topological polar surface area (TPSA) is 105 Å². The van der Waals surface area contributed by atoms with E-state index in [2.05, 4.69) is 25.5 Å². The summed E-state index contributed by atoms with van der Waals surface area (Å²) >= 11 is 6.03. The Labute approximate surface area is 168 Å². The van der Waals surface area contributed by atoms with E-state index in [4.69, 9.17) is 16.3 Å². The number of anilines is 3.